The molecule has 0 fully saturated rings. The Morgan fingerprint density at radius 1 is 0.939 bits per heavy atom. The highest BCUT2D eigenvalue weighted by Crippen LogP contribution is 2.26. The minimum Gasteiger partial charge on any atom is -0.383 e. The number of benzene rings is 3. The van der Waals surface area contributed by atoms with Crippen LogP contribution in [0.3, 0.4) is 0 Å². The quantitative estimate of drug-likeness (QED) is 0.398. The molecule has 0 spiro atoms. The van der Waals surface area contributed by atoms with Crippen molar-refractivity contribution in [1.82, 2.24) is 15.1 Å². The van der Waals surface area contributed by atoms with Gasteiger partial charge in [0.25, 0.3) is 5.91 Å². The van der Waals surface area contributed by atoms with E-state index < -0.39 is 0 Å². The van der Waals surface area contributed by atoms with Gasteiger partial charge >= 0.3 is 0 Å². The molecule has 0 saturated carbocycles. The van der Waals surface area contributed by atoms with E-state index in [1.807, 2.05) is 72.8 Å². The number of rotatable bonds is 9. The minimum absolute atomic E-state index is 0.132. The molecule has 3 aromatic carbocycles. The summed E-state index contributed by atoms with van der Waals surface area (Å²) in [5, 5.41) is 14.2. The highest BCUT2D eigenvalue weighted by molar-refractivity contribution is 7.18. The number of carbonyl (C=O) groups is 2. The summed E-state index contributed by atoms with van der Waals surface area (Å²) in [5.41, 5.74) is 1.53. The number of hydrogen-bond donors (Lipinski definition) is 1. The Hall–Kier alpha value is -3.62. The van der Waals surface area contributed by atoms with Crippen LogP contribution in [0.5, 0.6) is 0 Å². The molecule has 0 radical (unpaired) electrons. The molecular weight excluding hydrogens is 436 g/mol. The third-order valence-electron chi connectivity index (χ3n) is 5.15. The number of ether oxygens (including phenoxy) is 1. The number of nitrogens with zero attached hydrogens (tertiary/aromatic N) is 3. The van der Waals surface area contributed by atoms with E-state index in [9.17, 15) is 9.59 Å². The van der Waals surface area contributed by atoms with Crippen molar-refractivity contribution < 1.29 is 14.3 Å². The molecule has 0 aliphatic rings. The molecule has 4 aromatic rings. The SMILES string of the molecule is COCCN(CCC(=O)Nc1nnc(-c2ccccc2)s1)C(=O)c1ccc2ccccc2c1. The first-order valence-electron chi connectivity index (χ1n) is 10.6. The number of carbonyl (C=O) groups excluding carboxylic acids is 2. The summed E-state index contributed by atoms with van der Waals surface area (Å²) in [4.78, 5) is 27.3. The predicted molar refractivity (Wildman–Crippen MR) is 130 cm³/mol. The van der Waals surface area contributed by atoms with Gasteiger partial charge in [0.15, 0.2) is 0 Å². The average molecular weight is 461 g/mol. The topological polar surface area (TPSA) is 84.4 Å². The number of fused-ring (bicyclic) bond motifs is 1. The molecule has 1 aromatic heterocycles. The third kappa shape index (κ3) is 5.79. The van der Waals surface area contributed by atoms with Gasteiger partial charge in [-0.25, -0.2) is 0 Å². The lowest BCUT2D eigenvalue weighted by Gasteiger charge is -2.22. The summed E-state index contributed by atoms with van der Waals surface area (Å²) >= 11 is 1.31. The normalized spacial score (nSPS) is 10.8. The Morgan fingerprint density at radius 3 is 2.48 bits per heavy atom. The lowest BCUT2D eigenvalue weighted by Crippen LogP contribution is -2.36. The summed E-state index contributed by atoms with van der Waals surface area (Å²) in [7, 11) is 1.59. The number of aromatic nitrogens is 2. The third-order valence-corrected chi connectivity index (χ3v) is 6.04. The van der Waals surface area contributed by atoms with E-state index >= 15 is 0 Å². The van der Waals surface area contributed by atoms with Gasteiger partial charge in [-0.15, -0.1) is 10.2 Å². The van der Waals surface area contributed by atoms with Gasteiger partial charge in [0, 0.05) is 37.7 Å². The molecular formula is C25H24N4O3S. The van der Waals surface area contributed by atoms with Gasteiger partial charge in [-0.1, -0.05) is 72.0 Å². The highest BCUT2D eigenvalue weighted by Gasteiger charge is 2.18. The zero-order chi connectivity index (χ0) is 23.0. The minimum atomic E-state index is -0.223. The van der Waals surface area contributed by atoms with Crippen LogP contribution in [-0.2, 0) is 9.53 Å². The van der Waals surface area contributed by atoms with Crippen molar-refractivity contribution >= 4 is 39.1 Å². The average Bonchev–Trinajstić information content (AvgIpc) is 3.32. The molecule has 7 nitrogen and oxygen atoms in total. The van der Waals surface area contributed by atoms with Crippen LogP contribution in [0.2, 0.25) is 0 Å². The maximum Gasteiger partial charge on any atom is 0.253 e. The van der Waals surface area contributed by atoms with Gasteiger partial charge in [0.1, 0.15) is 5.01 Å². The second-order valence-electron chi connectivity index (χ2n) is 7.42. The lowest BCUT2D eigenvalue weighted by atomic mass is 10.1. The van der Waals surface area contributed by atoms with Crippen LogP contribution in [0.15, 0.2) is 72.8 Å². The van der Waals surface area contributed by atoms with Crippen LogP contribution in [0.25, 0.3) is 21.3 Å². The number of anilines is 1. The molecule has 33 heavy (non-hydrogen) atoms. The van der Waals surface area contributed by atoms with Gasteiger partial charge in [-0.05, 0) is 22.9 Å². The fourth-order valence-electron chi connectivity index (χ4n) is 3.41. The van der Waals surface area contributed by atoms with E-state index in [0.717, 1.165) is 21.3 Å². The van der Waals surface area contributed by atoms with Gasteiger partial charge in [-0.2, -0.15) is 0 Å². The first-order valence-corrected chi connectivity index (χ1v) is 11.4. The number of nitrogens with one attached hydrogen (secondary N) is 1. The number of hydrogen-bond acceptors (Lipinski definition) is 6. The van der Waals surface area contributed by atoms with Crippen molar-refractivity contribution in [3.63, 3.8) is 0 Å². The molecule has 0 atom stereocenters. The molecule has 8 heteroatoms. The van der Waals surface area contributed by atoms with Crippen LogP contribution in [-0.4, -0.2) is 53.7 Å². The van der Waals surface area contributed by atoms with Gasteiger partial charge < -0.3 is 15.0 Å². The molecule has 0 aliphatic heterocycles. The number of methoxy groups -OCH3 is 1. The predicted octanol–water partition coefficient (Wildman–Crippen LogP) is 4.48. The van der Waals surface area contributed by atoms with E-state index in [4.69, 9.17) is 4.74 Å². The highest BCUT2D eigenvalue weighted by atomic mass is 32.1. The molecule has 0 bridgehead atoms. The maximum atomic E-state index is 13.1. The van der Waals surface area contributed by atoms with Crippen molar-refractivity contribution in [2.24, 2.45) is 0 Å². The van der Waals surface area contributed by atoms with Gasteiger partial charge in [-0.3, -0.25) is 9.59 Å². The van der Waals surface area contributed by atoms with Crippen LogP contribution < -0.4 is 5.32 Å². The Balaban J connectivity index is 1.39. The van der Waals surface area contributed by atoms with Crippen LogP contribution in [0.4, 0.5) is 5.13 Å². The van der Waals surface area contributed by atoms with E-state index in [0.29, 0.717) is 23.8 Å². The second kappa shape index (κ2) is 10.8. The molecule has 0 saturated heterocycles. The molecule has 2 amide bonds. The summed E-state index contributed by atoms with van der Waals surface area (Å²) in [5.74, 6) is -0.354. The van der Waals surface area contributed by atoms with Gasteiger partial charge in [0.2, 0.25) is 11.0 Å². The summed E-state index contributed by atoms with van der Waals surface area (Å²) in [6.07, 6.45) is 0.142. The van der Waals surface area contributed by atoms with Crippen LogP contribution >= 0.6 is 11.3 Å². The largest absolute Gasteiger partial charge is 0.383 e. The van der Waals surface area contributed by atoms with Crippen LogP contribution in [0.1, 0.15) is 16.8 Å². The smallest absolute Gasteiger partial charge is 0.253 e. The molecule has 4 rings (SSSR count). The summed E-state index contributed by atoms with van der Waals surface area (Å²) in [6.45, 7) is 1.05. The Labute approximate surface area is 196 Å². The van der Waals surface area contributed by atoms with Gasteiger partial charge in [0.05, 0.1) is 6.61 Å². The Kier molecular flexibility index (Phi) is 7.39. The first kappa shape index (κ1) is 22.6. The molecule has 1 heterocycles. The van der Waals surface area contributed by atoms with Crippen LogP contribution in [0, 0.1) is 0 Å². The van der Waals surface area contributed by atoms with E-state index in [1.54, 1.807) is 12.0 Å². The fraction of sp³-hybridized carbons (Fsp3) is 0.200. The summed E-state index contributed by atoms with van der Waals surface area (Å²) < 4.78 is 5.16. The molecule has 0 aliphatic carbocycles. The van der Waals surface area contributed by atoms with Crippen molar-refractivity contribution in [2.75, 3.05) is 32.1 Å². The number of amides is 2. The lowest BCUT2D eigenvalue weighted by molar-refractivity contribution is -0.116. The first-order chi connectivity index (χ1) is 16.1. The van der Waals surface area contributed by atoms with E-state index in [-0.39, 0.29) is 24.8 Å². The van der Waals surface area contributed by atoms with E-state index in [2.05, 4.69) is 15.5 Å². The standard InChI is InChI=1S/C25H24N4O3S/c1-32-16-15-29(24(31)21-12-11-18-7-5-6-10-20(18)17-21)14-13-22(30)26-25-28-27-23(33-25)19-8-3-2-4-9-19/h2-12,17H,13-16H2,1H3,(H,26,28,30). The zero-order valence-corrected chi connectivity index (χ0v) is 19.0. The summed E-state index contributed by atoms with van der Waals surface area (Å²) in [6, 6.07) is 23.2. The van der Waals surface area contributed by atoms with Crippen molar-refractivity contribution in [3.8, 4) is 10.6 Å². The molecule has 168 valence electrons. The Bertz CT molecular complexity index is 1240. The fourth-order valence-corrected chi connectivity index (χ4v) is 4.18. The monoisotopic (exact) mass is 460 g/mol. The van der Waals surface area contributed by atoms with Crippen molar-refractivity contribution in [1.29, 1.82) is 0 Å². The van der Waals surface area contributed by atoms with Crippen molar-refractivity contribution in [3.05, 3.63) is 78.4 Å². The van der Waals surface area contributed by atoms with Crippen molar-refractivity contribution in [2.45, 2.75) is 6.42 Å². The molecule has 0 unspecified atom stereocenters. The zero-order valence-electron chi connectivity index (χ0n) is 18.2. The Morgan fingerprint density at radius 2 is 1.70 bits per heavy atom. The second-order valence-corrected chi connectivity index (χ2v) is 8.40. The van der Waals surface area contributed by atoms with E-state index in [1.165, 1.54) is 11.3 Å². The molecule has 1 N–H and O–H groups in total. The maximum absolute atomic E-state index is 13.1.